The third kappa shape index (κ3) is 2.89. The predicted octanol–water partition coefficient (Wildman–Crippen LogP) is 0.0836. The molecule has 1 aromatic rings. The Balaban J connectivity index is 0.000000157. The van der Waals surface area contributed by atoms with Crippen molar-refractivity contribution in [3.05, 3.63) is 29.8 Å². The van der Waals surface area contributed by atoms with Crippen LogP contribution in [0.25, 0.3) is 0 Å². The van der Waals surface area contributed by atoms with E-state index in [4.69, 9.17) is 8.42 Å². The summed E-state index contributed by atoms with van der Waals surface area (Å²) in [6.07, 6.45) is 0. The zero-order valence-corrected chi connectivity index (χ0v) is 7.25. The van der Waals surface area contributed by atoms with Crippen LogP contribution >= 0.6 is 0 Å². The molecular formula is C7H10N2O2S. The fourth-order valence-electron chi connectivity index (χ4n) is 0.945. The molecule has 3 N–H and O–H groups in total. The first-order valence-corrected chi connectivity index (χ1v) is 4.65. The van der Waals surface area contributed by atoms with Gasteiger partial charge in [0.1, 0.15) is 0 Å². The van der Waals surface area contributed by atoms with Crippen molar-refractivity contribution in [2.75, 3.05) is 5.32 Å². The van der Waals surface area contributed by atoms with E-state index in [1.165, 1.54) is 11.3 Å². The molecule has 5 heteroatoms. The molecule has 0 radical (unpaired) electrons. The Morgan fingerprint density at radius 1 is 1.25 bits per heavy atom. The van der Waals surface area contributed by atoms with Crippen molar-refractivity contribution >= 4 is 16.6 Å². The predicted molar refractivity (Wildman–Crippen MR) is 48.3 cm³/mol. The van der Waals surface area contributed by atoms with Gasteiger partial charge in [-0.3, -0.25) is 0 Å². The number of rotatable bonds is 0. The van der Waals surface area contributed by atoms with E-state index >= 15 is 0 Å². The first-order valence-electron chi connectivity index (χ1n) is 3.40. The zero-order chi connectivity index (χ0) is 8.97. The molecule has 0 saturated carbocycles. The van der Waals surface area contributed by atoms with Crippen molar-refractivity contribution in [1.29, 1.82) is 0 Å². The number of benzene rings is 1. The van der Waals surface area contributed by atoms with E-state index in [0.29, 0.717) is 0 Å². The molecule has 0 amide bonds. The number of hydrogen-bond acceptors (Lipinski definition) is 3. The number of fused-ring (bicyclic) bond motifs is 3. The summed E-state index contributed by atoms with van der Waals surface area (Å²) in [5.41, 5.74) is 2.61. The molecule has 3 rings (SSSR count). The first kappa shape index (κ1) is 9.02. The average molecular weight is 186 g/mol. The summed E-state index contributed by atoms with van der Waals surface area (Å²) >= 11 is 0. The maximum atomic E-state index is 8.81. The molecular weight excluding hydrogens is 176 g/mol. The van der Waals surface area contributed by atoms with E-state index in [9.17, 15) is 0 Å². The monoisotopic (exact) mass is 186 g/mol. The topological polar surface area (TPSA) is 72.2 Å². The van der Waals surface area contributed by atoms with Gasteiger partial charge in [-0.15, -0.1) is 0 Å². The standard InChI is InChI=1S/C7H7N.H3NO2S/c1-3-7-4-2-6(1)5-8-7;1-4(2)3/h1-4,8H,5H2;4H,(H2,1,2,3). The van der Waals surface area contributed by atoms with Gasteiger partial charge in [0.25, 0.3) is 0 Å². The molecule has 2 aliphatic heterocycles. The Bertz CT molecular complexity index is 288. The Kier molecular flexibility index (Phi) is 3.07. The normalized spacial score (nSPS) is 11.8. The smallest absolute Gasteiger partial charge is 0.198 e. The molecule has 2 aliphatic rings. The fourth-order valence-corrected chi connectivity index (χ4v) is 0.945. The summed E-state index contributed by atoms with van der Waals surface area (Å²) in [5, 5.41) is 7.29. The second kappa shape index (κ2) is 4.08. The highest BCUT2D eigenvalue weighted by atomic mass is 32.2. The SMILES string of the molecule is N[SH](=O)=O.c1cc2ccc1CN2. The Morgan fingerprint density at radius 2 is 1.75 bits per heavy atom. The lowest BCUT2D eigenvalue weighted by molar-refractivity contribution is 0.616. The summed E-state index contributed by atoms with van der Waals surface area (Å²) in [6.45, 7) is 1.02. The van der Waals surface area contributed by atoms with Crippen molar-refractivity contribution in [1.82, 2.24) is 0 Å². The van der Waals surface area contributed by atoms with Gasteiger partial charge >= 0.3 is 0 Å². The molecule has 12 heavy (non-hydrogen) atoms. The number of nitrogens with two attached hydrogens (primary N) is 1. The minimum Gasteiger partial charge on any atom is -0.381 e. The van der Waals surface area contributed by atoms with Gasteiger partial charge < -0.3 is 5.32 Å². The average Bonchev–Trinajstić information content (AvgIpc) is 2.07. The lowest BCUT2D eigenvalue weighted by atomic mass is 10.1. The molecule has 2 heterocycles. The van der Waals surface area contributed by atoms with Crippen LogP contribution in [0, 0.1) is 0 Å². The quantitative estimate of drug-likeness (QED) is 0.502. The number of nitrogens with one attached hydrogen (secondary N) is 1. The second-order valence-electron chi connectivity index (χ2n) is 2.34. The molecule has 2 bridgehead atoms. The van der Waals surface area contributed by atoms with Gasteiger partial charge in [-0.2, -0.15) is 0 Å². The van der Waals surface area contributed by atoms with Crippen LogP contribution in [0.5, 0.6) is 0 Å². The van der Waals surface area contributed by atoms with Crippen molar-refractivity contribution in [2.24, 2.45) is 5.14 Å². The minimum absolute atomic E-state index is 1.02. The van der Waals surface area contributed by atoms with Gasteiger partial charge in [0.15, 0.2) is 10.9 Å². The van der Waals surface area contributed by atoms with Gasteiger partial charge in [-0.25, -0.2) is 13.6 Å². The van der Waals surface area contributed by atoms with Crippen molar-refractivity contribution in [3.63, 3.8) is 0 Å². The minimum atomic E-state index is -2.62. The molecule has 0 fully saturated rings. The van der Waals surface area contributed by atoms with Crippen LogP contribution in [0.15, 0.2) is 24.3 Å². The Morgan fingerprint density at radius 3 is 1.83 bits per heavy atom. The number of thiol groups is 1. The molecule has 1 aromatic carbocycles. The van der Waals surface area contributed by atoms with Gasteiger partial charge in [0.2, 0.25) is 0 Å². The molecule has 0 unspecified atom stereocenters. The van der Waals surface area contributed by atoms with E-state index in [2.05, 4.69) is 34.7 Å². The highest BCUT2D eigenvalue weighted by molar-refractivity contribution is 7.69. The van der Waals surface area contributed by atoms with Crippen molar-refractivity contribution in [3.8, 4) is 0 Å². The lowest BCUT2D eigenvalue weighted by Gasteiger charge is -2.12. The van der Waals surface area contributed by atoms with E-state index < -0.39 is 10.9 Å². The Labute approximate surface area is 72.5 Å². The highest BCUT2D eigenvalue weighted by Crippen LogP contribution is 2.15. The molecule has 0 aliphatic carbocycles. The van der Waals surface area contributed by atoms with Crippen LogP contribution in [0.2, 0.25) is 0 Å². The van der Waals surface area contributed by atoms with E-state index in [1.54, 1.807) is 0 Å². The number of anilines is 1. The van der Waals surface area contributed by atoms with Crippen molar-refractivity contribution < 1.29 is 8.42 Å². The van der Waals surface area contributed by atoms with Gasteiger partial charge in [-0.1, -0.05) is 12.1 Å². The third-order valence-electron chi connectivity index (χ3n) is 1.45. The summed E-state index contributed by atoms with van der Waals surface area (Å²) < 4.78 is 17.6. The van der Waals surface area contributed by atoms with Gasteiger partial charge in [-0.05, 0) is 17.7 Å². The third-order valence-corrected chi connectivity index (χ3v) is 1.45. The summed E-state index contributed by atoms with van der Waals surface area (Å²) in [7, 11) is -2.62. The first-order chi connectivity index (χ1) is 5.68. The van der Waals surface area contributed by atoms with Crippen molar-refractivity contribution in [2.45, 2.75) is 6.54 Å². The summed E-state index contributed by atoms with van der Waals surface area (Å²) in [4.78, 5) is 0. The van der Waals surface area contributed by atoms with Crippen LogP contribution in [0.4, 0.5) is 5.69 Å². The van der Waals surface area contributed by atoms with Crippen LogP contribution in [0.1, 0.15) is 5.56 Å². The van der Waals surface area contributed by atoms with Gasteiger partial charge in [0, 0.05) is 12.2 Å². The van der Waals surface area contributed by atoms with Gasteiger partial charge in [0.05, 0.1) is 0 Å². The Hall–Kier alpha value is -1.07. The largest absolute Gasteiger partial charge is 0.381 e. The van der Waals surface area contributed by atoms with E-state index in [0.717, 1.165) is 6.54 Å². The molecule has 0 saturated heterocycles. The fraction of sp³-hybridized carbons (Fsp3) is 0.143. The second-order valence-corrected chi connectivity index (χ2v) is 2.91. The maximum Gasteiger partial charge on any atom is 0.198 e. The zero-order valence-electron chi connectivity index (χ0n) is 6.36. The molecule has 0 aromatic heterocycles. The lowest BCUT2D eigenvalue weighted by Crippen LogP contribution is -2.04. The van der Waals surface area contributed by atoms with Crippen LogP contribution in [-0.2, 0) is 17.4 Å². The molecule has 0 atom stereocenters. The summed E-state index contributed by atoms with van der Waals surface area (Å²) in [5.74, 6) is 0. The highest BCUT2D eigenvalue weighted by Gasteiger charge is 1.99. The summed E-state index contributed by atoms with van der Waals surface area (Å²) in [6, 6.07) is 8.48. The maximum absolute atomic E-state index is 8.81. The van der Waals surface area contributed by atoms with Crippen LogP contribution < -0.4 is 10.5 Å². The van der Waals surface area contributed by atoms with Crippen LogP contribution in [-0.4, -0.2) is 8.42 Å². The van der Waals surface area contributed by atoms with E-state index in [1.807, 2.05) is 0 Å². The van der Waals surface area contributed by atoms with E-state index in [-0.39, 0.29) is 0 Å². The molecule has 4 nitrogen and oxygen atoms in total. The molecule has 66 valence electrons. The van der Waals surface area contributed by atoms with Crippen LogP contribution in [0.3, 0.4) is 0 Å². The molecule has 0 spiro atoms. The number of hydrogen-bond donors (Lipinski definition) is 3.